The lowest BCUT2D eigenvalue weighted by Crippen LogP contribution is -2.32. The summed E-state index contributed by atoms with van der Waals surface area (Å²) in [5.74, 6) is 1.25. The zero-order valence-corrected chi connectivity index (χ0v) is 16.1. The van der Waals surface area contributed by atoms with Crippen LogP contribution < -0.4 is 10.1 Å². The van der Waals surface area contributed by atoms with Crippen molar-refractivity contribution < 1.29 is 19.1 Å². The molecule has 0 atom stereocenters. The number of rotatable bonds is 8. The van der Waals surface area contributed by atoms with Crippen LogP contribution in [0.4, 0.5) is 4.79 Å². The first kappa shape index (κ1) is 19.5. The molecule has 0 bridgehead atoms. The highest BCUT2D eigenvalue weighted by Gasteiger charge is 2.11. The Bertz CT molecular complexity index is 706. The van der Waals surface area contributed by atoms with Crippen LogP contribution in [0.2, 0.25) is 0 Å². The van der Waals surface area contributed by atoms with Crippen LogP contribution in [-0.2, 0) is 15.3 Å². The molecule has 2 amide bonds. The van der Waals surface area contributed by atoms with Crippen LogP contribution in [0.25, 0.3) is 0 Å². The molecule has 1 aromatic carbocycles. The number of carbonyl (C=O) groups is 2. The number of nitrogens with zero attached hydrogens (tertiary/aromatic N) is 2. The Morgan fingerprint density at radius 1 is 1.16 bits per heavy atom. The average Bonchev–Trinajstić information content (AvgIpc) is 3.07. The maximum absolute atomic E-state index is 11.6. The molecule has 0 aliphatic carbocycles. The van der Waals surface area contributed by atoms with Gasteiger partial charge in [0.15, 0.2) is 8.68 Å². The van der Waals surface area contributed by atoms with E-state index < -0.39 is 12.0 Å². The quantitative estimate of drug-likeness (QED) is 0.677. The molecule has 0 aliphatic heterocycles. The van der Waals surface area contributed by atoms with Gasteiger partial charge in [-0.15, -0.1) is 10.2 Å². The van der Waals surface area contributed by atoms with Gasteiger partial charge in [-0.2, -0.15) is 0 Å². The molecule has 1 N–H and O–H groups in total. The van der Waals surface area contributed by atoms with E-state index in [1.807, 2.05) is 24.3 Å². The Labute approximate surface area is 157 Å². The molecule has 7 nitrogen and oxygen atoms in total. The highest BCUT2D eigenvalue weighted by atomic mass is 32.2. The molecular formula is C15H17N3O4S3. The van der Waals surface area contributed by atoms with Crippen LogP contribution in [0.1, 0.15) is 12.5 Å². The molecular weight excluding hydrogens is 382 g/mol. The molecule has 25 heavy (non-hydrogen) atoms. The fraction of sp³-hybridized carbons (Fsp3) is 0.333. The predicted molar refractivity (Wildman–Crippen MR) is 98.4 cm³/mol. The number of amides is 2. The summed E-state index contributed by atoms with van der Waals surface area (Å²) in [4.78, 5) is 22.7. The van der Waals surface area contributed by atoms with Crippen molar-refractivity contribution in [3.8, 4) is 5.75 Å². The first-order valence-electron chi connectivity index (χ1n) is 7.29. The molecule has 1 aromatic heterocycles. The second-order valence-corrected chi connectivity index (χ2v) is 7.95. The van der Waals surface area contributed by atoms with Gasteiger partial charge in [-0.25, -0.2) is 4.79 Å². The van der Waals surface area contributed by atoms with E-state index in [2.05, 4.69) is 20.3 Å². The molecule has 0 fully saturated rings. The maximum Gasteiger partial charge on any atom is 0.413 e. The minimum Gasteiger partial charge on any atom is -0.497 e. The van der Waals surface area contributed by atoms with E-state index >= 15 is 0 Å². The van der Waals surface area contributed by atoms with E-state index in [0.717, 1.165) is 21.4 Å². The Morgan fingerprint density at radius 3 is 2.48 bits per heavy atom. The summed E-state index contributed by atoms with van der Waals surface area (Å²) in [7, 11) is 1.64. The number of hydrogen-bond donors (Lipinski definition) is 1. The summed E-state index contributed by atoms with van der Waals surface area (Å²) in [6.45, 7) is 1.89. The number of nitrogens with one attached hydrogen (secondary N) is 1. The second-order valence-electron chi connectivity index (χ2n) is 4.53. The van der Waals surface area contributed by atoms with Gasteiger partial charge in [0.2, 0.25) is 5.91 Å². The first-order chi connectivity index (χ1) is 12.1. The van der Waals surface area contributed by atoms with Gasteiger partial charge in [0, 0.05) is 5.75 Å². The fourth-order valence-corrected chi connectivity index (χ4v) is 4.40. The van der Waals surface area contributed by atoms with E-state index in [1.165, 1.54) is 23.1 Å². The number of imide groups is 1. The van der Waals surface area contributed by atoms with Gasteiger partial charge < -0.3 is 9.47 Å². The van der Waals surface area contributed by atoms with E-state index in [9.17, 15) is 9.59 Å². The molecule has 0 saturated heterocycles. The molecule has 10 heteroatoms. The van der Waals surface area contributed by atoms with E-state index in [-0.39, 0.29) is 12.4 Å². The molecule has 2 aromatic rings. The molecule has 0 spiro atoms. The van der Waals surface area contributed by atoms with Gasteiger partial charge in [-0.1, -0.05) is 47.0 Å². The van der Waals surface area contributed by atoms with Crippen molar-refractivity contribution in [2.75, 3.05) is 19.5 Å². The summed E-state index contributed by atoms with van der Waals surface area (Å²) in [5, 5.41) is 10.3. The molecule has 0 unspecified atom stereocenters. The van der Waals surface area contributed by atoms with Gasteiger partial charge in [0.05, 0.1) is 19.5 Å². The topological polar surface area (TPSA) is 90.4 Å². The van der Waals surface area contributed by atoms with E-state index in [1.54, 1.807) is 25.8 Å². The number of ether oxygens (including phenoxy) is 2. The second kappa shape index (κ2) is 10.3. The van der Waals surface area contributed by atoms with Crippen molar-refractivity contribution in [1.29, 1.82) is 0 Å². The van der Waals surface area contributed by atoms with Crippen LogP contribution in [0, 0.1) is 0 Å². The van der Waals surface area contributed by atoms with Crippen molar-refractivity contribution in [3.05, 3.63) is 29.8 Å². The van der Waals surface area contributed by atoms with Crippen molar-refractivity contribution in [1.82, 2.24) is 15.5 Å². The number of alkyl carbamates (subject to hydrolysis) is 1. The van der Waals surface area contributed by atoms with Crippen LogP contribution in [0.5, 0.6) is 5.75 Å². The molecule has 2 rings (SSSR count). The van der Waals surface area contributed by atoms with E-state index in [0.29, 0.717) is 4.34 Å². The van der Waals surface area contributed by atoms with Crippen molar-refractivity contribution >= 4 is 46.9 Å². The smallest absolute Gasteiger partial charge is 0.413 e. The zero-order chi connectivity index (χ0) is 18.1. The molecule has 1 heterocycles. The molecule has 0 aliphatic rings. The van der Waals surface area contributed by atoms with Gasteiger partial charge in [-0.05, 0) is 24.6 Å². The Hall–Kier alpha value is -1.78. The SMILES string of the molecule is CCOC(=O)NC(=O)CSc1nnc(SCc2ccc(OC)cc2)s1. The van der Waals surface area contributed by atoms with Gasteiger partial charge in [0.25, 0.3) is 0 Å². The van der Waals surface area contributed by atoms with Crippen LogP contribution in [0.3, 0.4) is 0 Å². The monoisotopic (exact) mass is 399 g/mol. The van der Waals surface area contributed by atoms with Crippen molar-refractivity contribution in [2.24, 2.45) is 0 Å². The Balaban J connectivity index is 1.75. The summed E-state index contributed by atoms with van der Waals surface area (Å²) >= 11 is 4.22. The third-order valence-electron chi connectivity index (χ3n) is 2.75. The standard InChI is InChI=1S/C15H17N3O4S3/c1-3-22-13(20)16-12(19)9-24-15-18-17-14(25-15)23-8-10-4-6-11(21-2)7-5-10/h4-7H,3,8-9H2,1-2H3,(H,16,19,20). The largest absolute Gasteiger partial charge is 0.497 e. The number of aromatic nitrogens is 2. The molecule has 134 valence electrons. The molecule has 0 saturated carbocycles. The summed E-state index contributed by atoms with van der Waals surface area (Å²) < 4.78 is 11.3. The number of thioether (sulfide) groups is 2. The minimum absolute atomic E-state index is 0.0800. The first-order valence-corrected chi connectivity index (χ1v) is 10.1. The van der Waals surface area contributed by atoms with Crippen LogP contribution in [-0.4, -0.2) is 41.7 Å². The lowest BCUT2D eigenvalue weighted by molar-refractivity contribution is -0.117. The Morgan fingerprint density at radius 2 is 1.84 bits per heavy atom. The summed E-state index contributed by atoms with van der Waals surface area (Å²) in [6.07, 6.45) is -0.735. The number of methoxy groups -OCH3 is 1. The lowest BCUT2D eigenvalue weighted by atomic mass is 10.2. The average molecular weight is 400 g/mol. The lowest BCUT2D eigenvalue weighted by Gasteiger charge is -2.02. The normalized spacial score (nSPS) is 10.3. The highest BCUT2D eigenvalue weighted by molar-refractivity contribution is 8.03. The number of hydrogen-bond acceptors (Lipinski definition) is 9. The van der Waals surface area contributed by atoms with Crippen molar-refractivity contribution in [3.63, 3.8) is 0 Å². The summed E-state index contributed by atoms with van der Waals surface area (Å²) in [6, 6.07) is 7.84. The number of benzene rings is 1. The molecule has 0 radical (unpaired) electrons. The maximum atomic E-state index is 11.6. The summed E-state index contributed by atoms with van der Waals surface area (Å²) in [5.41, 5.74) is 1.16. The minimum atomic E-state index is -0.735. The zero-order valence-electron chi connectivity index (χ0n) is 13.7. The van der Waals surface area contributed by atoms with Gasteiger partial charge >= 0.3 is 6.09 Å². The fourth-order valence-electron chi connectivity index (χ4n) is 1.63. The van der Waals surface area contributed by atoms with Gasteiger partial charge in [-0.3, -0.25) is 10.1 Å². The van der Waals surface area contributed by atoms with Gasteiger partial charge in [0.1, 0.15) is 5.75 Å². The van der Waals surface area contributed by atoms with Crippen molar-refractivity contribution in [2.45, 2.75) is 21.4 Å². The third kappa shape index (κ3) is 6.92. The van der Waals surface area contributed by atoms with Crippen LogP contribution >= 0.6 is 34.9 Å². The van der Waals surface area contributed by atoms with E-state index in [4.69, 9.17) is 4.74 Å². The highest BCUT2D eigenvalue weighted by Crippen LogP contribution is 2.30. The Kier molecular flexibility index (Phi) is 8.02. The van der Waals surface area contributed by atoms with Crippen LogP contribution in [0.15, 0.2) is 32.9 Å². The number of carbonyl (C=O) groups excluding carboxylic acids is 2. The predicted octanol–water partition coefficient (Wildman–Crippen LogP) is 3.20. The third-order valence-corrected chi connectivity index (χ3v) is 6.01.